The zero-order chi connectivity index (χ0) is 9.78. The Balaban J connectivity index is 4.01. The lowest BCUT2D eigenvalue weighted by Crippen LogP contribution is -2.42. The van der Waals surface area contributed by atoms with Crippen molar-refractivity contribution >= 4 is 40.7 Å². The molecule has 0 unspecified atom stereocenters. The Labute approximate surface area is 85.3 Å². The molecule has 0 aromatic rings. The second-order valence-corrected chi connectivity index (χ2v) is 4.32. The Morgan fingerprint density at radius 3 is 2.42 bits per heavy atom. The number of aliphatic hydroxyl groups excluding tert-OH is 1. The van der Waals surface area contributed by atoms with Crippen LogP contribution in [0.5, 0.6) is 0 Å². The molecule has 2 N–H and O–H groups in total. The summed E-state index contributed by atoms with van der Waals surface area (Å²) in [6, 6.07) is 0. The summed E-state index contributed by atoms with van der Waals surface area (Å²) >= 11 is 15.8. The first-order chi connectivity index (χ1) is 5.38. The largest absolute Gasteiger partial charge is 0.369 e. The molecule has 12 heavy (non-hydrogen) atoms. The first kappa shape index (κ1) is 12.0. The normalized spacial score (nSPS) is 14.8. The molecule has 0 spiro atoms. The summed E-state index contributed by atoms with van der Waals surface area (Å²) in [4.78, 5) is 10.8. The second-order valence-electron chi connectivity index (χ2n) is 1.95. The molecule has 0 aliphatic heterocycles. The van der Waals surface area contributed by atoms with Crippen LogP contribution in [0.25, 0.3) is 0 Å². The van der Waals surface area contributed by atoms with Crippen molar-refractivity contribution in [1.29, 1.82) is 0 Å². The number of rotatable bonds is 2. The Morgan fingerprint density at radius 1 is 1.58 bits per heavy atom. The van der Waals surface area contributed by atoms with E-state index in [1.165, 1.54) is 12.2 Å². The summed E-state index contributed by atoms with van der Waals surface area (Å²) in [5, 5.41) is 11.1. The highest BCUT2D eigenvalue weighted by atomic mass is 35.6. The van der Waals surface area contributed by atoms with Crippen molar-refractivity contribution < 1.29 is 9.90 Å². The van der Waals surface area contributed by atoms with E-state index < -0.39 is 15.9 Å². The van der Waals surface area contributed by atoms with Crippen LogP contribution in [-0.4, -0.2) is 21.0 Å². The van der Waals surface area contributed by atoms with Gasteiger partial charge in [0.1, 0.15) is 0 Å². The monoisotopic (exact) mass is 231 g/mol. The number of hydrogen-bond donors (Lipinski definition) is 2. The van der Waals surface area contributed by atoms with Crippen molar-refractivity contribution in [2.45, 2.75) is 16.9 Å². The minimum atomic E-state index is -1.91. The third kappa shape index (κ3) is 4.83. The molecule has 0 fully saturated rings. The van der Waals surface area contributed by atoms with Gasteiger partial charge in [-0.1, -0.05) is 40.9 Å². The Morgan fingerprint density at radius 2 is 2.08 bits per heavy atom. The minimum absolute atomic E-state index is 0.517. The van der Waals surface area contributed by atoms with E-state index in [9.17, 15) is 4.79 Å². The Bertz CT molecular complexity index is 188. The molecular formula is C6H8Cl3NO2. The third-order valence-electron chi connectivity index (χ3n) is 0.907. The van der Waals surface area contributed by atoms with Crippen molar-refractivity contribution in [1.82, 2.24) is 5.32 Å². The fourth-order valence-corrected chi connectivity index (χ4v) is 0.580. The number of aliphatic hydroxyl groups is 1. The fraction of sp³-hybridized carbons (Fsp3) is 0.500. The average molecular weight is 232 g/mol. The van der Waals surface area contributed by atoms with E-state index in [2.05, 4.69) is 5.32 Å². The zero-order valence-electron chi connectivity index (χ0n) is 6.22. The molecule has 6 heteroatoms. The van der Waals surface area contributed by atoms with Gasteiger partial charge in [-0.05, 0) is 13.0 Å². The van der Waals surface area contributed by atoms with Crippen LogP contribution in [0.15, 0.2) is 12.2 Å². The number of amides is 1. The first-order valence-electron chi connectivity index (χ1n) is 3.06. The van der Waals surface area contributed by atoms with Crippen molar-refractivity contribution in [3.63, 3.8) is 0 Å². The molecule has 0 radical (unpaired) electrons. The number of carbonyl (C=O) groups is 1. The van der Waals surface area contributed by atoms with E-state index in [-0.39, 0.29) is 0 Å². The molecule has 1 amide bonds. The molecule has 70 valence electrons. The van der Waals surface area contributed by atoms with Gasteiger partial charge in [-0.2, -0.15) is 0 Å². The van der Waals surface area contributed by atoms with Gasteiger partial charge >= 0.3 is 0 Å². The predicted molar refractivity (Wildman–Crippen MR) is 49.3 cm³/mol. The van der Waals surface area contributed by atoms with E-state index in [0.29, 0.717) is 0 Å². The highest BCUT2D eigenvalue weighted by Crippen LogP contribution is 2.28. The summed E-state index contributed by atoms with van der Waals surface area (Å²) < 4.78 is -1.91. The van der Waals surface area contributed by atoms with Crippen LogP contribution < -0.4 is 5.32 Å². The van der Waals surface area contributed by atoms with Crippen LogP contribution in [-0.2, 0) is 4.79 Å². The summed E-state index contributed by atoms with van der Waals surface area (Å²) in [5.41, 5.74) is 0. The van der Waals surface area contributed by atoms with Crippen LogP contribution in [0, 0.1) is 0 Å². The third-order valence-corrected chi connectivity index (χ3v) is 1.53. The van der Waals surface area contributed by atoms with Gasteiger partial charge in [0.05, 0.1) is 0 Å². The molecule has 0 aromatic heterocycles. The topological polar surface area (TPSA) is 49.3 Å². The first-order valence-corrected chi connectivity index (χ1v) is 4.19. The maximum absolute atomic E-state index is 10.8. The van der Waals surface area contributed by atoms with E-state index >= 15 is 0 Å². The van der Waals surface area contributed by atoms with Gasteiger partial charge in [0.2, 0.25) is 9.70 Å². The summed E-state index contributed by atoms with van der Waals surface area (Å²) in [6.45, 7) is 1.65. The molecule has 0 bridgehead atoms. The molecule has 1 atom stereocenters. The van der Waals surface area contributed by atoms with E-state index in [0.717, 1.165) is 0 Å². The summed E-state index contributed by atoms with van der Waals surface area (Å²) in [7, 11) is 0. The lowest BCUT2D eigenvalue weighted by molar-refractivity contribution is -0.119. The van der Waals surface area contributed by atoms with Gasteiger partial charge in [-0.25, -0.2) is 0 Å². The number of hydrogen-bond acceptors (Lipinski definition) is 2. The van der Waals surface area contributed by atoms with Crippen LogP contribution in [0.4, 0.5) is 0 Å². The lowest BCUT2D eigenvalue weighted by atomic mass is 10.5. The van der Waals surface area contributed by atoms with Gasteiger partial charge in [-0.3, -0.25) is 4.79 Å². The van der Waals surface area contributed by atoms with Crippen molar-refractivity contribution in [2.75, 3.05) is 0 Å². The maximum Gasteiger partial charge on any atom is 0.245 e. The molecule has 3 nitrogen and oxygen atoms in total. The number of nitrogens with one attached hydrogen (secondary N) is 1. The van der Waals surface area contributed by atoms with Crippen molar-refractivity contribution in [3.8, 4) is 0 Å². The molecule has 0 saturated carbocycles. The smallest absolute Gasteiger partial charge is 0.245 e. The molecule has 0 rings (SSSR count). The second kappa shape index (κ2) is 4.92. The highest BCUT2D eigenvalue weighted by molar-refractivity contribution is 6.68. The molecule has 0 saturated heterocycles. The number of alkyl halides is 3. The van der Waals surface area contributed by atoms with Gasteiger partial charge in [-0.15, -0.1) is 0 Å². The van der Waals surface area contributed by atoms with E-state index in [1.807, 2.05) is 0 Å². The highest BCUT2D eigenvalue weighted by Gasteiger charge is 2.31. The lowest BCUT2D eigenvalue weighted by Gasteiger charge is -2.18. The van der Waals surface area contributed by atoms with E-state index in [1.54, 1.807) is 6.92 Å². The van der Waals surface area contributed by atoms with Gasteiger partial charge in [0, 0.05) is 0 Å². The average Bonchev–Trinajstić information content (AvgIpc) is 1.85. The van der Waals surface area contributed by atoms with Crippen LogP contribution in [0.3, 0.4) is 0 Å². The molecular weight excluding hydrogens is 224 g/mol. The standard InChI is InChI=1S/C6H8Cl3NO2/c1-2-3-4(11)10-5(12)6(7,8)9/h2-3,5,12H,1H3,(H,10,11)/b3-2-/t5-/m1/s1. The SMILES string of the molecule is C/C=C\C(=O)N[C@H](O)C(Cl)(Cl)Cl. The van der Waals surface area contributed by atoms with Crippen molar-refractivity contribution in [2.24, 2.45) is 0 Å². The summed E-state index contributed by atoms with van der Waals surface area (Å²) in [6.07, 6.45) is 1.20. The quantitative estimate of drug-likeness (QED) is 0.429. The van der Waals surface area contributed by atoms with E-state index in [4.69, 9.17) is 39.9 Å². The molecule has 0 aliphatic carbocycles. The molecule has 0 aliphatic rings. The number of allylic oxidation sites excluding steroid dienone is 1. The van der Waals surface area contributed by atoms with Crippen LogP contribution in [0.1, 0.15) is 6.92 Å². The Kier molecular flexibility index (Phi) is 4.94. The Hall–Kier alpha value is 0.0400. The van der Waals surface area contributed by atoms with Crippen LogP contribution in [0.2, 0.25) is 0 Å². The number of halogens is 3. The predicted octanol–water partition coefficient (Wildman–Crippen LogP) is 1.37. The fourth-order valence-electron chi connectivity index (χ4n) is 0.416. The van der Waals surface area contributed by atoms with Crippen LogP contribution >= 0.6 is 34.8 Å². The van der Waals surface area contributed by atoms with Gasteiger partial charge < -0.3 is 10.4 Å². The van der Waals surface area contributed by atoms with Gasteiger partial charge in [0.15, 0.2) is 6.23 Å². The zero-order valence-corrected chi connectivity index (χ0v) is 8.49. The molecule has 0 aromatic carbocycles. The number of carbonyl (C=O) groups excluding carboxylic acids is 1. The molecule has 0 heterocycles. The van der Waals surface area contributed by atoms with Crippen molar-refractivity contribution in [3.05, 3.63) is 12.2 Å². The minimum Gasteiger partial charge on any atom is -0.369 e. The summed E-state index contributed by atoms with van der Waals surface area (Å²) in [5.74, 6) is -0.517. The van der Waals surface area contributed by atoms with Gasteiger partial charge in [0.25, 0.3) is 0 Å². The maximum atomic E-state index is 10.8.